The Bertz CT molecular complexity index is 877. The van der Waals surface area contributed by atoms with Crippen LogP contribution in [0.5, 0.6) is 0 Å². The van der Waals surface area contributed by atoms with Crippen LogP contribution in [0.25, 0.3) is 0 Å². The highest BCUT2D eigenvalue weighted by Gasteiger charge is 2.16. The van der Waals surface area contributed by atoms with Crippen LogP contribution in [0.2, 0.25) is 0 Å². The van der Waals surface area contributed by atoms with Gasteiger partial charge in [0.1, 0.15) is 5.82 Å². The fourth-order valence-electron chi connectivity index (χ4n) is 2.04. The van der Waals surface area contributed by atoms with Gasteiger partial charge in [-0.05, 0) is 43.7 Å². The average molecular weight is 378 g/mol. The molecule has 0 spiro atoms. The molecule has 26 heavy (non-hydrogen) atoms. The van der Waals surface area contributed by atoms with Crippen molar-refractivity contribution in [3.63, 3.8) is 0 Å². The lowest BCUT2D eigenvalue weighted by molar-refractivity contribution is 0.0940. The molecule has 2 rings (SSSR count). The summed E-state index contributed by atoms with van der Waals surface area (Å²) in [7, 11) is -3.53. The van der Waals surface area contributed by atoms with Crippen molar-refractivity contribution in [1.82, 2.24) is 15.3 Å². The quantitative estimate of drug-likeness (QED) is 0.657. The normalized spacial score (nSPS) is 11.8. The van der Waals surface area contributed by atoms with Gasteiger partial charge in [0.25, 0.3) is 5.91 Å². The number of aromatic nitrogens is 2. The molecule has 8 nitrogen and oxygen atoms in total. The Morgan fingerprint density at radius 1 is 1.23 bits per heavy atom. The first-order valence-electron chi connectivity index (χ1n) is 7.90. The van der Waals surface area contributed by atoms with E-state index in [0.717, 1.165) is 6.26 Å². The van der Waals surface area contributed by atoms with Crippen LogP contribution >= 0.6 is 0 Å². The Labute approximate surface area is 152 Å². The monoisotopic (exact) mass is 378 g/mol. The molecule has 0 fully saturated rings. The van der Waals surface area contributed by atoms with Gasteiger partial charge >= 0.3 is 0 Å². The van der Waals surface area contributed by atoms with Gasteiger partial charge in [0, 0.05) is 37.3 Å². The second kappa shape index (κ2) is 7.79. The molecule has 0 saturated carbocycles. The van der Waals surface area contributed by atoms with Crippen molar-refractivity contribution < 1.29 is 18.3 Å². The number of anilines is 1. The number of pyridine rings is 2. The number of carbonyl (C=O) groups excluding carboxylic acids is 1. The fraction of sp³-hybridized carbons (Fsp3) is 0.353. The first kappa shape index (κ1) is 19.8. The predicted molar refractivity (Wildman–Crippen MR) is 97.5 cm³/mol. The van der Waals surface area contributed by atoms with E-state index in [2.05, 4.69) is 20.6 Å². The third-order valence-electron chi connectivity index (χ3n) is 3.34. The van der Waals surface area contributed by atoms with E-state index < -0.39 is 15.4 Å². The molecule has 0 aliphatic carbocycles. The molecule has 0 aliphatic heterocycles. The number of nitrogens with zero attached hydrogens (tertiary/aromatic N) is 2. The summed E-state index contributed by atoms with van der Waals surface area (Å²) >= 11 is 0. The van der Waals surface area contributed by atoms with E-state index in [9.17, 15) is 18.3 Å². The minimum atomic E-state index is -3.53. The predicted octanol–water partition coefficient (Wildman–Crippen LogP) is 0.993. The highest BCUT2D eigenvalue weighted by molar-refractivity contribution is 7.90. The van der Waals surface area contributed by atoms with E-state index in [-0.39, 0.29) is 24.0 Å². The largest absolute Gasteiger partial charge is 0.389 e. The zero-order chi connectivity index (χ0) is 19.4. The second-order valence-electron chi connectivity index (χ2n) is 6.56. The van der Waals surface area contributed by atoms with Gasteiger partial charge in [-0.3, -0.25) is 9.78 Å². The van der Waals surface area contributed by atoms with E-state index in [1.54, 1.807) is 32.0 Å². The molecule has 9 heteroatoms. The van der Waals surface area contributed by atoms with Crippen molar-refractivity contribution in [2.45, 2.75) is 31.0 Å². The highest BCUT2D eigenvalue weighted by Crippen LogP contribution is 2.16. The molecule has 0 aliphatic rings. The van der Waals surface area contributed by atoms with Gasteiger partial charge in [-0.25, -0.2) is 13.4 Å². The Morgan fingerprint density at radius 2 is 1.88 bits per heavy atom. The van der Waals surface area contributed by atoms with Gasteiger partial charge in [0.2, 0.25) is 0 Å². The van der Waals surface area contributed by atoms with E-state index >= 15 is 0 Å². The van der Waals surface area contributed by atoms with E-state index in [4.69, 9.17) is 0 Å². The Hall–Kier alpha value is -2.52. The summed E-state index contributed by atoms with van der Waals surface area (Å²) < 4.78 is 23.7. The number of amides is 1. The molecule has 2 aromatic rings. The maximum Gasteiger partial charge on any atom is 0.251 e. The van der Waals surface area contributed by atoms with Crippen molar-refractivity contribution in [2.75, 3.05) is 18.1 Å². The Kier molecular flexibility index (Phi) is 5.94. The number of carbonyl (C=O) groups is 1. The number of hydrogen-bond donors (Lipinski definition) is 3. The number of aliphatic hydroxyl groups is 1. The highest BCUT2D eigenvalue weighted by atomic mass is 32.2. The van der Waals surface area contributed by atoms with E-state index in [1.165, 1.54) is 18.5 Å². The first-order valence-corrected chi connectivity index (χ1v) is 9.79. The van der Waals surface area contributed by atoms with Crippen LogP contribution in [0.1, 0.15) is 29.8 Å². The van der Waals surface area contributed by atoms with Crippen LogP contribution < -0.4 is 10.6 Å². The zero-order valence-corrected chi connectivity index (χ0v) is 15.7. The number of rotatable bonds is 7. The van der Waals surface area contributed by atoms with Crippen LogP contribution in [-0.4, -0.2) is 47.8 Å². The van der Waals surface area contributed by atoms with Crippen LogP contribution in [0.4, 0.5) is 5.82 Å². The van der Waals surface area contributed by atoms with Gasteiger partial charge in [-0.2, -0.15) is 0 Å². The van der Waals surface area contributed by atoms with Gasteiger partial charge in [0.05, 0.1) is 5.60 Å². The van der Waals surface area contributed by atoms with Crippen LogP contribution in [0.3, 0.4) is 0 Å². The smallest absolute Gasteiger partial charge is 0.251 e. The molecule has 0 radical (unpaired) electrons. The van der Waals surface area contributed by atoms with Crippen molar-refractivity contribution in [1.29, 1.82) is 0 Å². The van der Waals surface area contributed by atoms with Crippen molar-refractivity contribution in [3.05, 3.63) is 47.8 Å². The van der Waals surface area contributed by atoms with E-state index in [0.29, 0.717) is 16.9 Å². The standard InChI is InChI=1S/C17H22N4O4S/c1-17(2,23)11-20-14-8-12(9-15(21-14)26(3,24)25)10-19-16(22)13-4-6-18-7-5-13/h4-9,23H,10-11H2,1-3H3,(H,19,22)(H,20,21). The Morgan fingerprint density at radius 3 is 2.46 bits per heavy atom. The van der Waals surface area contributed by atoms with Gasteiger partial charge in [-0.15, -0.1) is 0 Å². The molecule has 0 saturated heterocycles. The fourth-order valence-corrected chi connectivity index (χ4v) is 2.67. The summed E-state index contributed by atoms with van der Waals surface area (Å²) in [5.41, 5.74) is 0.0391. The van der Waals surface area contributed by atoms with E-state index in [1.807, 2.05) is 0 Å². The number of hydrogen-bond acceptors (Lipinski definition) is 7. The minimum absolute atomic E-state index is 0.105. The first-order chi connectivity index (χ1) is 12.0. The molecule has 140 valence electrons. The third-order valence-corrected chi connectivity index (χ3v) is 4.31. The Balaban J connectivity index is 2.19. The topological polar surface area (TPSA) is 121 Å². The lowest BCUT2D eigenvalue weighted by Crippen LogP contribution is -2.30. The van der Waals surface area contributed by atoms with Crippen molar-refractivity contribution in [2.24, 2.45) is 0 Å². The molecule has 0 unspecified atom stereocenters. The molecule has 1 amide bonds. The molecule has 0 bridgehead atoms. The lowest BCUT2D eigenvalue weighted by atomic mass is 10.1. The third kappa shape index (κ3) is 6.08. The maximum atomic E-state index is 12.1. The van der Waals surface area contributed by atoms with Gasteiger partial charge in [-0.1, -0.05) is 0 Å². The molecular weight excluding hydrogens is 356 g/mol. The maximum absolute atomic E-state index is 12.1. The minimum Gasteiger partial charge on any atom is -0.389 e. The van der Waals surface area contributed by atoms with Crippen molar-refractivity contribution >= 4 is 21.6 Å². The summed E-state index contributed by atoms with van der Waals surface area (Å²) in [6, 6.07) is 6.21. The summed E-state index contributed by atoms with van der Waals surface area (Å²) in [4.78, 5) is 20.0. The van der Waals surface area contributed by atoms with Gasteiger partial charge < -0.3 is 15.7 Å². The molecule has 3 N–H and O–H groups in total. The SMILES string of the molecule is CC(C)(O)CNc1cc(CNC(=O)c2ccncc2)cc(S(C)(=O)=O)n1. The zero-order valence-electron chi connectivity index (χ0n) is 14.9. The van der Waals surface area contributed by atoms with Crippen molar-refractivity contribution in [3.8, 4) is 0 Å². The second-order valence-corrected chi connectivity index (χ2v) is 8.52. The van der Waals surface area contributed by atoms with Crippen LogP contribution in [0, 0.1) is 0 Å². The van der Waals surface area contributed by atoms with Gasteiger partial charge in [0.15, 0.2) is 14.9 Å². The summed E-state index contributed by atoms with van der Waals surface area (Å²) in [6.45, 7) is 3.56. The lowest BCUT2D eigenvalue weighted by Gasteiger charge is -2.18. The van der Waals surface area contributed by atoms with Crippen LogP contribution in [0.15, 0.2) is 41.7 Å². The van der Waals surface area contributed by atoms with Crippen LogP contribution in [-0.2, 0) is 16.4 Å². The molecule has 2 heterocycles. The summed E-state index contributed by atoms with van der Waals surface area (Å²) in [5, 5.41) is 15.3. The molecule has 2 aromatic heterocycles. The number of sulfone groups is 1. The number of nitrogens with one attached hydrogen (secondary N) is 2. The average Bonchev–Trinajstić information content (AvgIpc) is 2.57. The molecule has 0 aromatic carbocycles. The molecule has 0 atom stereocenters. The summed E-state index contributed by atoms with van der Waals surface area (Å²) in [5.74, 6) is 0.0133. The molecular formula is C17H22N4O4S. The summed E-state index contributed by atoms with van der Waals surface area (Å²) in [6.07, 6.45) is 4.10.